The van der Waals surface area contributed by atoms with Crippen LogP contribution in [0.2, 0.25) is 0 Å². The summed E-state index contributed by atoms with van der Waals surface area (Å²) >= 11 is 0. The molecule has 0 amide bonds. The summed E-state index contributed by atoms with van der Waals surface area (Å²) in [5.74, 6) is -1.35. The smallest absolute Gasteiger partial charge is 0.302 e. The summed E-state index contributed by atoms with van der Waals surface area (Å²) in [7, 11) is 0. The zero-order valence-corrected chi connectivity index (χ0v) is 17.1. The van der Waals surface area contributed by atoms with Gasteiger partial charge in [0.05, 0.1) is 18.3 Å². The van der Waals surface area contributed by atoms with Crippen molar-refractivity contribution < 1.29 is 29.6 Å². The van der Waals surface area contributed by atoms with Gasteiger partial charge >= 0.3 is 5.97 Å². The Labute approximate surface area is 166 Å². The number of carbonyl (C=O) groups is 2. The summed E-state index contributed by atoms with van der Waals surface area (Å²) in [5.41, 5.74) is -1.83. The minimum Gasteiger partial charge on any atom is -0.462 e. The van der Waals surface area contributed by atoms with Crippen LogP contribution in [-0.4, -0.2) is 51.5 Å². The molecular formula is C22H32O6. The van der Waals surface area contributed by atoms with Crippen molar-refractivity contribution in [2.75, 3.05) is 0 Å². The van der Waals surface area contributed by atoms with Crippen molar-refractivity contribution in [2.45, 2.75) is 77.8 Å². The van der Waals surface area contributed by atoms with E-state index in [0.717, 1.165) is 0 Å². The number of ether oxygens (including phenoxy) is 1. The molecule has 0 saturated heterocycles. The Balaban J connectivity index is 1.92. The maximum Gasteiger partial charge on any atom is 0.302 e. The van der Waals surface area contributed by atoms with E-state index >= 15 is 0 Å². The molecule has 28 heavy (non-hydrogen) atoms. The third-order valence-corrected chi connectivity index (χ3v) is 8.77. The molecule has 4 rings (SSSR count). The molecule has 0 aromatic heterocycles. The monoisotopic (exact) mass is 392 g/mol. The fourth-order valence-corrected chi connectivity index (χ4v) is 7.84. The Bertz CT molecular complexity index is 743. The van der Waals surface area contributed by atoms with Crippen LogP contribution in [0.4, 0.5) is 0 Å². The molecule has 6 heteroatoms. The van der Waals surface area contributed by atoms with Crippen LogP contribution in [0.15, 0.2) is 12.2 Å². The number of Topliss-reactive ketones (excluding diaryl/α,β-unsaturated/α-hetero) is 1. The van der Waals surface area contributed by atoms with Gasteiger partial charge in [0.15, 0.2) is 5.78 Å². The largest absolute Gasteiger partial charge is 0.462 e. The van der Waals surface area contributed by atoms with E-state index in [9.17, 15) is 24.9 Å². The van der Waals surface area contributed by atoms with Gasteiger partial charge in [0.1, 0.15) is 6.10 Å². The third kappa shape index (κ3) is 2.25. The molecule has 0 aromatic rings. The fourth-order valence-electron chi connectivity index (χ4n) is 7.84. The first kappa shape index (κ1) is 20.0. The van der Waals surface area contributed by atoms with E-state index < -0.39 is 58.5 Å². The Morgan fingerprint density at radius 3 is 2.32 bits per heavy atom. The maximum absolute atomic E-state index is 13.4. The number of hydrogen-bond donors (Lipinski definition) is 3. The highest BCUT2D eigenvalue weighted by Crippen LogP contribution is 2.71. The zero-order chi connectivity index (χ0) is 20.8. The number of hydrogen-bond acceptors (Lipinski definition) is 6. The van der Waals surface area contributed by atoms with E-state index in [1.165, 1.54) is 6.92 Å². The van der Waals surface area contributed by atoms with E-state index in [1.54, 1.807) is 0 Å². The number of allylic oxidation sites excluding steroid dienone is 1. The third-order valence-electron chi connectivity index (χ3n) is 8.77. The molecule has 1 spiro atoms. The molecular weight excluding hydrogens is 360 g/mol. The summed E-state index contributed by atoms with van der Waals surface area (Å²) in [6.45, 7) is 11.1. The van der Waals surface area contributed by atoms with Crippen LogP contribution >= 0.6 is 0 Å². The van der Waals surface area contributed by atoms with E-state index in [4.69, 9.17) is 4.74 Å². The predicted octanol–water partition coefficient (Wildman–Crippen LogP) is 1.61. The van der Waals surface area contributed by atoms with Crippen molar-refractivity contribution in [3.8, 4) is 0 Å². The van der Waals surface area contributed by atoms with Crippen molar-refractivity contribution in [1.82, 2.24) is 0 Å². The summed E-state index contributed by atoms with van der Waals surface area (Å²) in [6.07, 6.45) is -1.49. The predicted molar refractivity (Wildman–Crippen MR) is 101 cm³/mol. The first-order valence-electron chi connectivity index (χ1n) is 10.3. The Hall–Kier alpha value is -1.24. The summed E-state index contributed by atoms with van der Waals surface area (Å²) < 4.78 is 5.74. The molecule has 0 aromatic carbocycles. The number of carbonyl (C=O) groups excluding carboxylic acids is 2. The SMILES string of the molecule is C=C1C(=O)[C@]23C[C@H]1C[C@@H](OC(C)=O)[C@H]2[C@@]1(C)[C@H]([C@@H](O)C3)C(C)(C)[C@@H](O)C[C@@H]1O. The molecule has 0 unspecified atom stereocenters. The summed E-state index contributed by atoms with van der Waals surface area (Å²) in [4.78, 5) is 25.3. The van der Waals surface area contributed by atoms with Crippen molar-refractivity contribution in [3.63, 3.8) is 0 Å². The first-order valence-corrected chi connectivity index (χ1v) is 10.3. The van der Waals surface area contributed by atoms with Gasteiger partial charge in [-0.3, -0.25) is 9.59 Å². The molecule has 4 fully saturated rings. The quantitative estimate of drug-likeness (QED) is 0.463. The second-order valence-corrected chi connectivity index (χ2v) is 10.5. The van der Waals surface area contributed by atoms with E-state index in [-0.39, 0.29) is 24.5 Å². The number of esters is 1. The normalized spacial score (nSPS) is 52.0. The Kier molecular flexibility index (Phi) is 4.22. The van der Waals surface area contributed by atoms with Crippen LogP contribution in [0.5, 0.6) is 0 Å². The molecule has 2 bridgehead atoms. The molecule has 0 heterocycles. The van der Waals surface area contributed by atoms with Gasteiger partial charge in [-0.15, -0.1) is 0 Å². The van der Waals surface area contributed by atoms with Crippen molar-refractivity contribution in [1.29, 1.82) is 0 Å². The average Bonchev–Trinajstić information content (AvgIpc) is 2.73. The molecule has 9 atom stereocenters. The highest BCUT2D eigenvalue weighted by Gasteiger charge is 2.74. The molecule has 0 aliphatic heterocycles. The molecule has 6 nitrogen and oxygen atoms in total. The van der Waals surface area contributed by atoms with Gasteiger partial charge in [-0.2, -0.15) is 0 Å². The van der Waals surface area contributed by atoms with Crippen LogP contribution in [0.3, 0.4) is 0 Å². The van der Waals surface area contributed by atoms with Crippen molar-refractivity contribution in [3.05, 3.63) is 12.2 Å². The lowest BCUT2D eigenvalue weighted by Gasteiger charge is -2.67. The van der Waals surface area contributed by atoms with Crippen molar-refractivity contribution in [2.24, 2.45) is 34.0 Å². The number of ketones is 1. The second kappa shape index (κ2) is 5.89. The number of aliphatic hydroxyl groups excluding tert-OH is 3. The van der Waals surface area contributed by atoms with Crippen molar-refractivity contribution >= 4 is 11.8 Å². The van der Waals surface area contributed by atoms with Crippen LogP contribution < -0.4 is 0 Å². The minimum absolute atomic E-state index is 0.0491. The van der Waals surface area contributed by atoms with Gasteiger partial charge in [0.25, 0.3) is 0 Å². The van der Waals surface area contributed by atoms with Gasteiger partial charge in [-0.25, -0.2) is 0 Å². The maximum atomic E-state index is 13.4. The van der Waals surface area contributed by atoms with Gasteiger partial charge in [0.2, 0.25) is 0 Å². The molecule has 156 valence electrons. The van der Waals surface area contributed by atoms with Crippen LogP contribution in [0.1, 0.15) is 53.4 Å². The molecule has 4 saturated carbocycles. The Morgan fingerprint density at radius 1 is 1.07 bits per heavy atom. The summed E-state index contributed by atoms with van der Waals surface area (Å²) in [6, 6.07) is 0. The zero-order valence-electron chi connectivity index (χ0n) is 17.1. The summed E-state index contributed by atoms with van der Waals surface area (Å²) in [5, 5.41) is 33.1. The highest BCUT2D eigenvalue weighted by molar-refractivity contribution is 6.03. The fraction of sp³-hybridized carbons (Fsp3) is 0.818. The molecule has 3 N–H and O–H groups in total. The van der Waals surface area contributed by atoms with Crippen LogP contribution in [0, 0.1) is 34.0 Å². The lowest BCUT2D eigenvalue weighted by Crippen LogP contribution is -2.71. The van der Waals surface area contributed by atoms with Crippen LogP contribution in [-0.2, 0) is 14.3 Å². The van der Waals surface area contributed by atoms with E-state index in [2.05, 4.69) is 6.58 Å². The Morgan fingerprint density at radius 2 is 1.71 bits per heavy atom. The van der Waals surface area contributed by atoms with Crippen LogP contribution in [0.25, 0.3) is 0 Å². The van der Waals surface area contributed by atoms with E-state index in [1.807, 2.05) is 20.8 Å². The highest BCUT2D eigenvalue weighted by atomic mass is 16.5. The molecule has 0 radical (unpaired) electrons. The minimum atomic E-state index is -0.909. The first-order chi connectivity index (χ1) is 12.9. The van der Waals surface area contributed by atoms with Gasteiger partial charge in [-0.1, -0.05) is 27.4 Å². The number of fused-ring (bicyclic) bond motifs is 3. The second-order valence-electron chi connectivity index (χ2n) is 10.5. The number of rotatable bonds is 1. The van der Waals surface area contributed by atoms with E-state index in [0.29, 0.717) is 18.4 Å². The molecule has 4 aliphatic rings. The standard InChI is InChI=1S/C22H32O6/c1-10-12-6-14(28-11(2)23)18-21(5)16(26)7-15(25)20(3,4)17(21)13(24)9-22(18,8-12)19(10)27/h12-18,24-26H,1,6-9H2,2-5H3/t12-,13+,14-,15+,16+,17-,18+,21-,22+/m1/s1. The topological polar surface area (TPSA) is 104 Å². The average molecular weight is 392 g/mol. The van der Waals surface area contributed by atoms with Gasteiger partial charge in [-0.05, 0) is 36.2 Å². The molecule has 4 aliphatic carbocycles. The van der Waals surface area contributed by atoms with Gasteiger partial charge in [0, 0.05) is 36.0 Å². The van der Waals surface area contributed by atoms with Gasteiger partial charge < -0.3 is 20.1 Å². The lowest BCUT2D eigenvalue weighted by atomic mass is 9.38. The lowest BCUT2D eigenvalue weighted by molar-refractivity contribution is -0.276. The number of aliphatic hydroxyl groups is 3.